The van der Waals surface area contributed by atoms with Crippen molar-refractivity contribution in [1.82, 2.24) is 4.98 Å². The molecule has 0 saturated heterocycles. The lowest BCUT2D eigenvalue weighted by atomic mass is 10.1. The van der Waals surface area contributed by atoms with Crippen molar-refractivity contribution in [2.75, 3.05) is 0 Å². The Morgan fingerprint density at radius 1 is 1.25 bits per heavy atom. The van der Waals surface area contributed by atoms with Crippen molar-refractivity contribution in [2.45, 2.75) is 24.6 Å². The molecular formula is C14H13F3N2S. The second kappa shape index (κ2) is 4.86. The number of nitrogens with zero attached hydrogens (tertiary/aromatic N) is 1. The number of rotatable bonds is 3. The normalized spacial score (nSPS) is 23.6. The zero-order valence-electron chi connectivity index (χ0n) is 10.5. The maximum absolute atomic E-state index is 12.5. The summed E-state index contributed by atoms with van der Waals surface area (Å²) in [5.41, 5.74) is 7.29. The molecule has 20 heavy (non-hydrogen) atoms. The molecule has 6 heteroatoms. The minimum absolute atomic E-state index is 0.207. The summed E-state index contributed by atoms with van der Waals surface area (Å²) in [4.78, 5) is 3.94. The maximum Gasteiger partial charge on any atom is 0.443 e. The molecule has 3 atom stereocenters. The average Bonchev–Trinajstić information content (AvgIpc) is 3.05. The monoisotopic (exact) mass is 298 g/mol. The minimum Gasteiger partial charge on any atom is -0.323 e. The van der Waals surface area contributed by atoms with Gasteiger partial charge in [-0.1, -0.05) is 30.3 Å². The first-order chi connectivity index (χ1) is 9.47. The van der Waals surface area contributed by atoms with Gasteiger partial charge < -0.3 is 5.73 Å². The Hall–Kier alpha value is -1.40. The highest BCUT2D eigenvalue weighted by Gasteiger charge is 2.44. The van der Waals surface area contributed by atoms with Crippen molar-refractivity contribution in [3.63, 3.8) is 0 Å². The van der Waals surface area contributed by atoms with Gasteiger partial charge in [0.15, 0.2) is 5.01 Å². The molecular weight excluding hydrogens is 285 g/mol. The molecule has 106 valence electrons. The third kappa shape index (κ3) is 2.58. The fourth-order valence-corrected chi connectivity index (χ4v) is 3.34. The number of benzene rings is 1. The number of alkyl halides is 3. The molecule has 1 fully saturated rings. The number of aromatic nitrogens is 1. The van der Waals surface area contributed by atoms with E-state index < -0.39 is 11.2 Å². The van der Waals surface area contributed by atoms with E-state index in [1.807, 2.05) is 30.3 Å². The van der Waals surface area contributed by atoms with Crippen LogP contribution in [0.25, 0.3) is 0 Å². The summed E-state index contributed by atoms with van der Waals surface area (Å²) < 4.78 is 37.6. The van der Waals surface area contributed by atoms with Crippen LogP contribution in [0.4, 0.5) is 13.2 Å². The molecule has 0 aliphatic heterocycles. The molecule has 1 heterocycles. The highest BCUT2D eigenvalue weighted by molar-refractivity contribution is 7.11. The average molecular weight is 298 g/mol. The molecule has 2 N–H and O–H groups in total. The maximum atomic E-state index is 12.5. The largest absolute Gasteiger partial charge is 0.443 e. The highest BCUT2D eigenvalue weighted by Crippen LogP contribution is 2.54. The number of hydrogen-bond acceptors (Lipinski definition) is 3. The van der Waals surface area contributed by atoms with E-state index in [2.05, 4.69) is 4.98 Å². The zero-order chi connectivity index (χ0) is 14.3. The van der Waals surface area contributed by atoms with Crippen molar-refractivity contribution in [1.29, 1.82) is 0 Å². The number of halogens is 3. The van der Waals surface area contributed by atoms with Crippen molar-refractivity contribution in [3.8, 4) is 0 Å². The van der Waals surface area contributed by atoms with Crippen LogP contribution in [-0.4, -0.2) is 4.98 Å². The van der Waals surface area contributed by atoms with Gasteiger partial charge in [0.1, 0.15) is 0 Å². The van der Waals surface area contributed by atoms with Gasteiger partial charge in [-0.25, -0.2) is 4.98 Å². The second-order valence-electron chi connectivity index (χ2n) is 5.01. The highest BCUT2D eigenvalue weighted by atomic mass is 32.1. The fourth-order valence-electron chi connectivity index (χ4n) is 2.48. The Morgan fingerprint density at radius 2 is 1.95 bits per heavy atom. The van der Waals surface area contributed by atoms with Crippen LogP contribution < -0.4 is 5.73 Å². The quantitative estimate of drug-likeness (QED) is 0.931. The molecule has 2 nitrogen and oxygen atoms in total. The molecule has 2 aromatic rings. The first-order valence-electron chi connectivity index (χ1n) is 6.30. The molecule has 1 aromatic heterocycles. The van der Waals surface area contributed by atoms with Crippen LogP contribution in [0, 0.1) is 5.92 Å². The van der Waals surface area contributed by atoms with Crippen LogP contribution in [0.1, 0.15) is 33.8 Å². The Morgan fingerprint density at radius 3 is 2.55 bits per heavy atom. The Bertz CT molecular complexity index is 594. The molecule has 0 amide bonds. The van der Waals surface area contributed by atoms with E-state index in [0.29, 0.717) is 22.1 Å². The smallest absolute Gasteiger partial charge is 0.323 e. The van der Waals surface area contributed by atoms with Gasteiger partial charge in [0.05, 0.1) is 0 Å². The van der Waals surface area contributed by atoms with Gasteiger partial charge in [-0.2, -0.15) is 13.2 Å². The van der Waals surface area contributed by atoms with Crippen LogP contribution in [0.5, 0.6) is 0 Å². The van der Waals surface area contributed by atoms with E-state index >= 15 is 0 Å². The predicted molar refractivity (Wildman–Crippen MR) is 71.3 cm³/mol. The van der Waals surface area contributed by atoms with Crippen LogP contribution in [0.3, 0.4) is 0 Å². The lowest BCUT2D eigenvalue weighted by molar-refractivity contribution is -0.137. The third-order valence-corrected chi connectivity index (χ3v) is 4.77. The molecule has 1 aliphatic rings. The van der Waals surface area contributed by atoms with Crippen molar-refractivity contribution < 1.29 is 13.2 Å². The van der Waals surface area contributed by atoms with Crippen molar-refractivity contribution in [3.05, 3.63) is 52.0 Å². The van der Waals surface area contributed by atoms with E-state index in [1.54, 1.807) is 0 Å². The first-order valence-corrected chi connectivity index (χ1v) is 7.12. The lowest BCUT2D eigenvalue weighted by Gasteiger charge is -2.08. The van der Waals surface area contributed by atoms with Crippen molar-refractivity contribution in [2.24, 2.45) is 11.7 Å². The van der Waals surface area contributed by atoms with Gasteiger partial charge >= 0.3 is 6.18 Å². The molecule has 0 radical (unpaired) electrons. The molecule has 1 aliphatic carbocycles. The fraction of sp³-hybridized carbons (Fsp3) is 0.357. The Balaban J connectivity index is 1.72. The number of hydrogen-bond donors (Lipinski definition) is 1. The van der Waals surface area contributed by atoms with Crippen molar-refractivity contribution >= 4 is 11.3 Å². The van der Waals surface area contributed by atoms with E-state index in [-0.39, 0.29) is 12.0 Å². The number of thiazole rings is 1. The first kappa shape index (κ1) is 13.6. The topological polar surface area (TPSA) is 38.9 Å². The van der Waals surface area contributed by atoms with Crippen LogP contribution in [0.15, 0.2) is 36.5 Å². The van der Waals surface area contributed by atoms with E-state index in [9.17, 15) is 13.2 Å². The summed E-state index contributed by atoms with van der Waals surface area (Å²) in [5.74, 6) is 0.557. The van der Waals surface area contributed by atoms with Gasteiger partial charge in [-0.05, 0) is 23.8 Å². The zero-order valence-corrected chi connectivity index (χ0v) is 11.3. The summed E-state index contributed by atoms with van der Waals surface area (Å²) in [6, 6.07) is 9.57. The summed E-state index contributed by atoms with van der Waals surface area (Å²) in [6.07, 6.45) is -2.20. The summed E-state index contributed by atoms with van der Waals surface area (Å²) in [6.45, 7) is 0. The second-order valence-corrected chi connectivity index (χ2v) is 6.07. The molecule has 0 bridgehead atoms. The van der Waals surface area contributed by atoms with Crippen LogP contribution in [0.2, 0.25) is 0 Å². The van der Waals surface area contributed by atoms with Gasteiger partial charge in [0.2, 0.25) is 0 Å². The summed E-state index contributed by atoms with van der Waals surface area (Å²) in [5, 5.41) is -0.820. The summed E-state index contributed by atoms with van der Waals surface area (Å²) in [7, 11) is 0. The van der Waals surface area contributed by atoms with E-state index in [0.717, 1.165) is 6.42 Å². The molecule has 0 spiro atoms. The third-order valence-electron chi connectivity index (χ3n) is 3.62. The van der Waals surface area contributed by atoms with Gasteiger partial charge in [-0.15, -0.1) is 11.3 Å². The van der Waals surface area contributed by atoms with Gasteiger partial charge in [-0.3, -0.25) is 0 Å². The standard InChI is InChI=1S/C14H13F3N2S/c15-14(16,17)13-19-7-11(20-13)12(18)10-6-9(10)8-4-2-1-3-5-8/h1-5,7,9-10,12H,6,18H2. The Labute approximate surface area is 118 Å². The Kier molecular flexibility index (Phi) is 3.30. The molecule has 3 rings (SSSR count). The van der Waals surface area contributed by atoms with Crippen LogP contribution >= 0.6 is 11.3 Å². The van der Waals surface area contributed by atoms with E-state index in [1.165, 1.54) is 11.8 Å². The summed E-state index contributed by atoms with van der Waals surface area (Å²) >= 11 is 0.652. The molecule has 1 saturated carbocycles. The minimum atomic E-state index is -4.38. The molecule has 1 aromatic carbocycles. The van der Waals surface area contributed by atoms with Gasteiger partial charge in [0, 0.05) is 17.1 Å². The SMILES string of the molecule is NC(c1cnc(C(F)(F)F)s1)C1CC1c1ccccc1. The molecule has 3 unspecified atom stereocenters. The van der Waals surface area contributed by atoms with E-state index in [4.69, 9.17) is 5.73 Å². The number of nitrogens with two attached hydrogens (primary N) is 1. The lowest BCUT2D eigenvalue weighted by Crippen LogP contribution is -2.11. The van der Waals surface area contributed by atoms with Gasteiger partial charge in [0.25, 0.3) is 0 Å². The van der Waals surface area contributed by atoms with Crippen LogP contribution in [-0.2, 0) is 6.18 Å². The predicted octanol–water partition coefficient (Wildman–Crippen LogP) is 3.97.